The molecule has 3 rings (SSSR count). The summed E-state index contributed by atoms with van der Waals surface area (Å²) < 4.78 is 10.7. The summed E-state index contributed by atoms with van der Waals surface area (Å²) in [6.45, 7) is 3.93. The minimum absolute atomic E-state index is 0. The number of hydrogen-bond donors (Lipinski definition) is 2. The van der Waals surface area contributed by atoms with Gasteiger partial charge in [-0.2, -0.15) is 5.10 Å². The first kappa shape index (κ1) is 21.7. The average Bonchev–Trinajstić information content (AvgIpc) is 3.15. The summed E-state index contributed by atoms with van der Waals surface area (Å²) in [5.41, 5.74) is 7.61. The van der Waals surface area contributed by atoms with Crippen LogP contribution in [0.4, 0.5) is 5.13 Å². The van der Waals surface area contributed by atoms with Crippen molar-refractivity contribution in [2.24, 2.45) is 5.10 Å². The topological polar surface area (TPSA) is 76.0 Å². The number of phenolic OH excluding ortho intramolecular Hbond substituents is 1. The molecule has 0 amide bonds. The van der Waals surface area contributed by atoms with Gasteiger partial charge in [-0.1, -0.05) is 0 Å². The fourth-order valence-electron chi connectivity index (χ4n) is 2.65. The van der Waals surface area contributed by atoms with Crippen molar-refractivity contribution in [3.8, 4) is 28.5 Å². The van der Waals surface area contributed by atoms with Crippen LogP contribution in [-0.4, -0.2) is 30.0 Å². The Kier molecular flexibility index (Phi) is 7.42. The molecule has 2 N–H and O–H groups in total. The third-order valence-electron chi connectivity index (χ3n) is 4.11. The van der Waals surface area contributed by atoms with Gasteiger partial charge in [-0.15, -0.1) is 28.3 Å². The fourth-order valence-corrected chi connectivity index (χ4v) is 3.31. The summed E-state index contributed by atoms with van der Waals surface area (Å²) in [5.74, 6) is 1.59. The molecule has 0 radical (unpaired) electrons. The second kappa shape index (κ2) is 9.57. The number of halogens is 1. The predicted molar refractivity (Wildman–Crippen MR) is 120 cm³/mol. The van der Waals surface area contributed by atoms with Crippen LogP contribution in [0.1, 0.15) is 18.1 Å². The molecule has 0 aliphatic rings. The Balaban J connectivity index is 0.00000280. The second-order valence-electron chi connectivity index (χ2n) is 5.92. The van der Waals surface area contributed by atoms with E-state index in [0.717, 1.165) is 28.1 Å². The van der Waals surface area contributed by atoms with E-state index in [1.165, 1.54) is 11.3 Å². The lowest BCUT2D eigenvalue weighted by molar-refractivity contribution is 0.354. The molecule has 0 bridgehead atoms. The molecule has 28 heavy (non-hydrogen) atoms. The third-order valence-corrected chi connectivity index (χ3v) is 4.85. The number of aryl methyl sites for hydroxylation is 1. The molecule has 0 atom stereocenters. The SMILES string of the molecule is Br.COc1cc(C)c(/C(C)=N/Nc2nc(-c3ccc(O)cc3)cs2)cc1OC. The first-order chi connectivity index (χ1) is 13.0. The van der Waals surface area contributed by atoms with E-state index in [1.54, 1.807) is 26.4 Å². The summed E-state index contributed by atoms with van der Waals surface area (Å²) in [6.07, 6.45) is 0. The molecule has 1 aromatic heterocycles. The lowest BCUT2D eigenvalue weighted by atomic mass is 10.0. The summed E-state index contributed by atoms with van der Waals surface area (Å²) in [4.78, 5) is 4.53. The van der Waals surface area contributed by atoms with E-state index in [-0.39, 0.29) is 22.7 Å². The Morgan fingerprint density at radius 2 is 1.75 bits per heavy atom. The van der Waals surface area contributed by atoms with Gasteiger partial charge in [-0.3, -0.25) is 5.43 Å². The molecule has 2 aromatic carbocycles. The monoisotopic (exact) mass is 463 g/mol. The van der Waals surface area contributed by atoms with E-state index in [1.807, 2.05) is 43.5 Å². The highest BCUT2D eigenvalue weighted by Crippen LogP contribution is 2.31. The number of thiazole rings is 1. The maximum Gasteiger partial charge on any atom is 0.203 e. The van der Waals surface area contributed by atoms with Crippen LogP contribution in [0.2, 0.25) is 0 Å². The van der Waals surface area contributed by atoms with Gasteiger partial charge in [0.15, 0.2) is 11.5 Å². The van der Waals surface area contributed by atoms with E-state index in [4.69, 9.17) is 9.47 Å². The van der Waals surface area contributed by atoms with Gasteiger partial charge < -0.3 is 14.6 Å². The first-order valence-electron chi connectivity index (χ1n) is 8.30. The summed E-state index contributed by atoms with van der Waals surface area (Å²) in [6, 6.07) is 10.8. The van der Waals surface area contributed by atoms with Crippen molar-refractivity contribution in [1.29, 1.82) is 0 Å². The Bertz CT molecular complexity index is 971. The van der Waals surface area contributed by atoms with Gasteiger partial charge in [-0.05, 0) is 55.8 Å². The number of aromatic hydroxyl groups is 1. The van der Waals surface area contributed by atoms with Crippen LogP contribution in [0.3, 0.4) is 0 Å². The molecule has 0 spiro atoms. The van der Waals surface area contributed by atoms with Gasteiger partial charge in [0.25, 0.3) is 0 Å². The smallest absolute Gasteiger partial charge is 0.203 e. The number of anilines is 1. The number of aromatic nitrogens is 1. The number of nitrogens with one attached hydrogen (secondary N) is 1. The molecule has 0 aliphatic carbocycles. The predicted octanol–water partition coefficient (Wildman–Crippen LogP) is 5.26. The normalized spacial score (nSPS) is 10.9. The van der Waals surface area contributed by atoms with Crippen LogP contribution in [-0.2, 0) is 0 Å². The summed E-state index contributed by atoms with van der Waals surface area (Å²) >= 11 is 1.47. The van der Waals surface area contributed by atoms with Crippen molar-refractivity contribution in [3.05, 3.63) is 52.9 Å². The van der Waals surface area contributed by atoms with Crippen LogP contribution in [0, 0.1) is 6.92 Å². The molecular formula is C20H22BrN3O3S. The zero-order valence-electron chi connectivity index (χ0n) is 16.0. The van der Waals surface area contributed by atoms with Crippen LogP contribution >= 0.6 is 28.3 Å². The number of benzene rings is 2. The van der Waals surface area contributed by atoms with Crippen LogP contribution in [0.15, 0.2) is 46.9 Å². The third kappa shape index (κ3) is 4.82. The molecule has 8 heteroatoms. The fraction of sp³-hybridized carbons (Fsp3) is 0.200. The van der Waals surface area contributed by atoms with Crippen LogP contribution < -0.4 is 14.9 Å². The van der Waals surface area contributed by atoms with Crippen molar-refractivity contribution in [3.63, 3.8) is 0 Å². The van der Waals surface area contributed by atoms with Crippen LogP contribution in [0.5, 0.6) is 17.2 Å². The molecular weight excluding hydrogens is 442 g/mol. The number of hydrazone groups is 1. The van der Waals surface area contributed by atoms with Crippen molar-refractivity contribution < 1.29 is 14.6 Å². The first-order valence-corrected chi connectivity index (χ1v) is 9.18. The molecule has 0 unspecified atom stereocenters. The number of methoxy groups -OCH3 is 2. The highest BCUT2D eigenvalue weighted by molar-refractivity contribution is 8.93. The molecule has 6 nitrogen and oxygen atoms in total. The Morgan fingerprint density at radius 3 is 2.39 bits per heavy atom. The number of rotatable bonds is 6. The molecule has 148 valence electrons. The van der Waals surface area contributed by atoms with Gasteiger partial charge in [-0.25, -0.2) is 4.98 Å². The van der Waals surface area contributed by atoms with Gasteiger partial charge in [0, 0.05) is 16.5 Å². The molecule has 0 saturated carbocycles. The lowest BCUT2D eigenvalue weighted by Gasteiger charge is -2.12. The maximum atomic E-state index is 9.39. The molecule has 1 heterocycles. The highest BCUT2D eigenvalue weighted by atomic mass is 79.9. The van der Waals surface area contributed by atoms with E-state index in [2.05, 4.69) is 15.5 Å². The van der Waals surface area contributed by atoms with E-state index in [9.17, 15) is 5.11 Å². The van der Waals surface area contributed by atoms with Crippen molar-refractivity contribution in [1.82, 2.24) is 4.98 Å². The number of phenols is 1. The maximum absolute atomic E-state index is 9.39. The molecule has 0 aliphatic heterocycles. The quantitative estimate of drug-likeness (QED) is 0.385. The minimum atomic E-state index is 0. The zero-order chi connectivity index (χ0) is 19.4. The number of ether oxygens (including phenoxy) is 2. The Morgan fingerprint density at radius 1 is 1.11 bits per heavy atom. The summed E-state index contributed by atoms with van der Waals surface area (Å²) in [5, 5.41) is 16.5. The van der Waals surface area contributed by atoms with Crippen molar-refractivity contribution in [2.45, 2.75) is 13.8 Å². The second-order valence-corrected chi connectivity index (χ2v) is 6.77. The molecule has 3 aromatic rings. The summed E-state index contributed by atoms with van der Waals surface area (Å²) in [7, 11) is 3.23. The largest absolute Gasteiger partial charge is 0.508 e. The van der Waals surface area contributed by atoms with Gasteiger partial charge in [0.2, 0.25) is 5.13 Å². The lowest BCUT2D eigenvalue weighted by Crippen LogP contribution is -2.03. The Labute approximate surface area is 178 Å². The zero-order valence-corrected chi connectivity index (χ0v) is 18.5. The van der Waals surface area contributed by atoms with Gasteiger partial charge in [0.05, 0.1) is 25.6 Å². The van der Waals surface area contributed by atoms with Gasteiger partial charge >= 0.3 is 0 Å². The van der Waals surface area contributed by atoms with E-state index >= 15 is 0 Å². The van der Waals surface area contributed by atoms with Crippen LogP contribution in [0.25, 0.3) is 11.3 Å². The minimum Gasteiger partial charge on any atom is -0.508 e. The average molecular weight is 464 g/mol. The highest BCUT2D eigenvalue weighted by Gasteiger charge is 2.11. The van der Waals surface area contributed by atoms with E-state index < -0.39 is 0 Å². The number of nitrogens with zero attached hydrogens (tertiary/aromatic N) is 2. The van der Waals surface area contributed by atoms with Gasteiger partial charge in [0.1, 0.15) is 5.75 Å². The van der Waals surface area contributed by atoms with E-state index in [0.29, 0.717) is 16.6 Å². The molecule has 0 fully saturated rings. The van der Waals surface area contributed by atoms with Crippen molar-refractivity contribution in [2.75, 3.05) is 19.6 Å². The Hall–Kier alpha value is -2.58. The standard InChI is InChI=1S/C20H21N3O3S.BrH/c1-12-9-18(25-3)19(26-4)10-16(12)13(2)22-23-20-21-17(11-27-20)14-5-7-15(24)8-6-14;/h5-11,24H,1-4H3,(H,21,23);1H/b22-13+;. The number of hydrogen-bond acceptors (Lipinski definition) is 7. The van der Waals surface area contributed by atoms with Crippen molar-refractivity contribution >= 4 is 39.2 Å². The molecule has 0 saturated heterocycles.